The van der Waals surface area contributed by atoms with Crippen molar-refractivity contribution in [3.8, 4) is 0 Å². The Morgan fingerprint density at radius 1 is 1.59 bits per heavy atom. The number of piperidine rings is 1. The highest BCUT2D eigenvalue weighted by Crippen LogP contribution is 2.18. The summed E-state index contributed by atoms with van der Waals surface area (Å²) >= 11 is 0. The van der Waals surface area contributed by atoms with Gasteiger partial charge in [-0.15, -0.1) is 0 Å². The summed E-state index contributed by atoms with van der Waals surface area (Å²) in [6.07, 6.45) is 2.64. The van der Waals surface area contributed by atoms with E-state index < -0.39 is 11.9 Å². The molecule has 0 aromatic carbocycles. The molecule has 1 N–H and O–H groups in total. The molecule has 0 aliphatic carbocycles. The van der Waals surface area contributed by atoms with Gasteiger partial charge in [-0.3, -0.25) is 9.59 Å². The molecule has 2 heterocycles. The number of amides is 1. The number of rotatable bonds is 2. The van der Waals surface area contributed by atoms with Gasteiger partial charge in [-0.25, -0.2) is 4.98 Å². The largest absolute Gasteiger partial charge is 0.481 e. The Morgan fingerprint density at radius 2 is 2.35 bits per heavy atom. The van der Waals surface area contributed by atoms with Crippen LogP contribution in [0.25, 0.3) is 0 Å². The molecule has 1 saturated heterocycles. The molecule has 1 aliphatic rings. The van der Waals surface area contributed by atoms with E-state index in [1.54, 1.807) is 6.92 Å². The normalized spacial score (nSPS) is 20.3. The van der Waals surface area contributed by atoms with Crippen molar-refractivity contribution in [1.29, 1.82) is 0 Å². The van der Waals surface area contributed by atoms with E-state index in [4.69, 9.17) is 9.52 Å². The number of hydrogen-bond donors (Lipinski definition) is 1. The molecule has 0 spiro atoms. The van der Waals surface area contributed by atoms with Gasteiger partial charge in [0.15, 0.2) is 11.6 Å². The molecule has 1 aromatic rings. The number of carboxylic acids is 1. The van der Waals surface area contributed by atoms with E-state index in [9.17, 15) is 9.59 Å². The number of carbonyl (C=O) groups is 2. The average molecular weight is 238 g/mol. The first-order valence-corrected chi connectivity index (χ1v) is 5.52. The molecule has 1 atom stereocenters. The van der Waals surface area contributed by atoms with Crippen LogP contribution < -0.4 is 0 Å². The fourth-order valence-corrected chi connectivity index (χ4v) is 1.99. The van der Waals surface area contributed by atoms with Gasteiger partial charge in [0.05, 0.1) is 5.92 Å². The highest BCUT2D eigenvalue weighted by atomic mass is 16.4. The Bertz CT molecular complexity index is 440. The van der Waals surface area contributed by atoms with Crippen LogP contribution >= 0.6 is 0 Å². The lowest BCUT2D eigenvalue weighted by atomic mass is 9.98. The predicted molar refractivity (Wildman–Crippen MR) is 57.5 cm³/mol. The van der Waals surface area contributed by atoms with Gasteiger partial charge in [0.2, 0.25) is 0 Å². The molecule has 17 heavy (non-hydrogen) atoms. The fourth-order valence-electron chi connectivity index (χ4n) is 1.99. The number of aryl methyl sites for hydroxylation is 1. The highest BCUT2D eigenvalue weighted by Gasteiger charge is 2.29. The van der Waals surface area contributed by atoms with Crippen LogP contribution in [0.4, 0.5) is 0 Å². The van der Waals surface area contributed by atoms with Crippen molar-refractivity contribution >= 4 is 11.9 Å². The standard InChI is InChI=1S/C11H14N2O4/c1-7-12-9(6-17-7)10(14)13-4-2-3-8(5-13)11(15)16/h6,8H,2-5H2,1H3,(H,15,16). The second-order valence-electron chi connectivity index (χ2n) is 4.18. The fraction of sp³-hybridized carbons (Fsp3) is 0.545. The molecule has 6 nitrogen and oxygen atoms in total. The number of aliphatic carboxylic acids is 1. The molecule has 2 rings (SSSR count). The molecule has 1 aliphatic heterocycles. The maximum atomic E-state index is 12.0. The minimum atomic E-state index is -0.848. The van der Waals surface area contributed by atoms with E-state index in [-0.39, 0.29) is 18.1 Å². The average Bonchev–Trinajstić information content (AvgIpc) is 2.75. The van der Waals surface area contributed by atoms with E-state index in [0.29, 0.717) is 25.3 Å². The zero-order chi connectivity index (χ0) is 12.4. The quantitative estimate of drug-likeness (QED) is 0.828. The summed E-state index contributed by atoms with van der Waals surface area (Å²) in [6.45, 7) is 2.49. The van der Waals surface area contributed by atoms with E-state index in [1.165, 1.54) is 11.2 Å². The molecule has 1 amide bonds. The van der Waals surface area contributed by atoms with Crippen LogP contribution in [-0.2, 0) is 4.79 Å². The lowest BCUT2D eigenvalue weighted by molar-refractivity contribution is -0.143. The maximum absolute atomic E-state index is 12.0. The smallest absolute Gasteiger partial charge is 0.308 e. The van der Waals surface area contributed by atoms with Gasteiger partial charge in [0.25, 0.3) is 5.91 Å². The van der Waals surface area contributed by atoms with Gasteiger partial charge in [-0.1, -0.05) is 0 Å². The van der Waals surface area contributed by atoms with Gasteiger partial charge in [0, 0.05) is 20.0 Å². The van der Waals surface area contributed by atoms with Crippen molar-refractivity contribution in [1.82, 2.24) is 9.88 Å². The summed E-state index contributed by atoms with van der Waals surface area (Å²) in [5.41, 5.74) is 0.244. The number of likely N-dealkylation sites (tertiary alicyclic amines) is 1. The number of aromatic nitrogens is 1. The van der Waals surface area contributed by atoms with Crippen molar-refractivity contribution < 1.29 is 19.1 Å². The Labute approximate surface area is 98.2 Å². The Kier molecular flexibility index (Phi) is 3.12. The van der Waals surface area contributed by atoms with Crippen molar-refractivity contribution in [3.05, 3.63) is 17.8 Å². The van der Waals surface area contributed by atoms with Gasteiger partial charge >= 0.3 is 5.97 Å². The number of hydrogen-bond acceptors (Lipinski definition) is 4. The van der Waals surface area contributed by atoms with Crippen LogP contribution in [0.5, 0.6) is 0 Å². The molecule has 1 unspecified atom stereocenters. The molecule has 1 fully saturated rings. The Balaban J connectivity index is 2.07. The second-order valence-corrected chi connectivity index (χ2v) is 4.18. The first kappa shape index (κ1) is 11.6. The molecule has 6 heteroatoms. The van der Waals surface area contributed by atoms with Crippen molar-refractivity contribution in [3.63, 3.8) is 0 Å². The van der Waals surface area contributed by atoms with E-state index in [1.807, 2.05) is 0 Å². The van der Waals surface area contributed by atoms with Gasteiger partial charge in [0.1, 0.15) is 6.26 Å². The third-order valence-electron chi connectivity index (χ3n) is 2.90. The van der Waals surface area contributed by atoms with Gasteiger partial charge in [-0.2, -0.15) is 0 Å². The summed E-state index contributed by atoms with van der Waals surface area (Å²) in [5, 5.41) is 8.94. The molecule has 0 saturated carbocycles. The number of nitrogens with zero attached hydrogens (tertiary/aromatic N) is 2. The molecule has 0 bridgehead atoms. The van der Waals surface area contributed by atoms with Crippen LogP contribution in [0.2, 0.25) is 0 Å². The molecular weight excluding hydrogens is 224 g/mol. The maximum Gasteiger partial charge on any atom is 0.308 e. The van der Waals surface area contributed by atoms with E-state index in [0.717, 1.165) is 0 Å². The Morgan fingerprint density at radius 3 is 2.94 bits per heavy atom. The number of carboxylic acid groups (broad SMARTS) is 1. The topological polar surface area (TPSA) is 83.6 Å². The predicted octanol–water partition coefficient (Wildman–Crippen LogP) is 0.920. The minimum Gasteiger partial charge on any atom is -0.481 e. The van der Waals surface area contributed by atoms with Crippen molar-refractivity contribution in [2.45, 2.75) is 19.8 Å². The Hall–Kier alpha value is -1.85. The lowest BCUT2D eigenvalue weighted by Gasteiger charge is -2.29. The first-order valence-electron chi connectivity index (χ1n) is 5.52. The highest BCUT2D eigenvalue weighted by molar-refractivity contribution is 5.92. The summed E-state index contributed by atoms with van der Waals surface area (Å²) in [6, 6.07) is 0. The lowest BCUT2D eigenvalue weighted by Crippen LogP contribution is -2.42. The van der Waals surface area contributed by atoms with E-state index in [2.05, 4.69) is 4.98 Å². The summed E-state index contributed by atoms with van der Waals surface area (Å²) in [7, 11) is 0. The molecule has 0 radical (unpaired) electrons. The van der Waals surface area contributed by atoms with Gasteiger partial charge < -0.3 is 14.4 Å². The second kappa shape index (κ2) is 4.57. The molecular formula is C11H14N2O4. The minimum absolute atomic E-state index is 0.244. The van der Waals surface area contributed by atoms with E-state index >= 15 is 0 Å². The van der Waals surface area contributed by atoms with Gasteiger partial charge in [-0.05, 0) is 12.8 Å². The van der Waals surface area contributed by atoms with Crippen LogP contribution in [0.3, 0.4) is 0 Å². The number of carbonyl (C=O) groups excluding carboxylic acids is 1. The van der Waals surface area contributed by atoms with Crippen molar-refractivity contribution in [2.24, 2.45) is 5.92 Å². The van der Waals surface area contributed by atoms with Crippen molar-refractivity contribution in [2.75, 3.05) is 13.1 Å². The third-order valence-corrected chi connectivity index (χ3v) is 2.90. The zero-order valence-corrected chi connectivity index (χ0v) is 9.55. The third kappa shape index (κ3) is 2.46. The van der Waals surface area contributed by atoms with Crippen LogP contribution in [0, 0.1) is 12.8 Å². The number of oxazole rings is 1. The summed E-state index contributed by atoms with van der Waals surface area (Å²) < 4.78 is 4.98. The summed E-state index contributed by atoms with van der Waals surface area (Å²) in [5.74, 6) is -1.15. The monoisotopic (exact) mass is 238 g/mol. The zero-order valence-electron chi connectivity index (χ0n) is 9.55. The SMILES string of the molecule is Cc1nc(C(=O)N2CCCC(C(=O)O)C2)co1. The van der Waals surface area contributed by atoms with Crippen LogP contribution in [-0.4, -0.2) is 40.0 Å². The first-order chi connectivity index (χ1) is 8.08. The summed E-state index contributed by atoms with van der Waals surface area (Å²) in [4.78, 5) is 28.4. The molecule has 1 aromatic heterocycles. The van der Waals surface area contributed by atoms with Crippen LogP contribution in [0.1, 0.15) is 29.2 Å². The molecule has 92 valence electrons. The van der Waals surface area contributed by atoms with Crippen LogP contribution in [0.15, 0.2) is 10.7 Å².